The zero-order chi connectivity index (χ0) is 27.5. The van der Waals surface area contributed by atoms with Gasteiger partial charge in [-0.1, -0.05) is 43.9 Å². The van der Waals surface area contributed by atoms with Crippen molar-refractivity contribution in [2.75, 3.05) is 5.32 Å². The monoisotopic (exact) mass is 528 g/mol. The normalized spacial score (nSPS) is 19.1. The van der Waals surface area contributed by atoms with Gasteiger partial charge < -0.3 is 10.4 Å². The van der Waals surface area contributed by atoms with E-state index in [9.17, 15) is 13.9 Å². The number of nitrogens with zero attached hydrogens (tertiary/aromatic N) is 1. The van der Waals surface area contributed by atoms with Crippen LogP contribution in [0.15, 0.2) is 65.7 Å². The van der Waals surface area contributed by atoms with Gasteiger partial charge in [-0.15, -0.1) is 0 Å². The summed E-state index contributed by atoms with van der Waals surface area (Å²) in [4.78, 5) is 4.77. The summed E-state index contributed by atoms with van der Waals surface area (Å²) in [5, 5.41) is 14.3. The summed E-state index contributed by atoms with van der Waals surface area (Å²) in [5.41, 5.74) is 4.59. The Morgan fingerprint density at radius 3 is 2.59 bits per heavy atom. The average molecular weight is 529 g/mol. The third-order valence-electron chi connectivity index (χ3n) is 6.74. The number of nitrogens with one attached hydrogen (secondary N) is 1. The van der Waals surface area contributed by atoms with E-state index in [1.54, 1.807) is 44.2 Å². The standard InChI is InChI=1S/C30H36F3N2OP/c1-8-21(13-12-19(4)30(6,7)36)22-14-17(2)25(16-23(22)31)34-20(5)26-15-18(3)28-24(35-26)10-9-11-27(28)37-29(32)33/h8-14,16,18,26,29,35-37H,4,15H2,1-3,5-7H3/b13-12-,21-8+,34-20?. The highest BCUT2D eigenvalue weighted by atomic mass is 31.1. The first-order chi connectivity index (χ1) is 17.3. The molecule has 37 heavy (non-hydrogen) atoms. The minimum atomic E-state index is -2.36. The van der Waals surface area contributed by atoms with E-state index in [1.807, 2.05) is 32.9 Å². The second-order valence-corrected chi connectivity index (χ2v) is 11.3. The molecule has 2 aromatic carbocycles. The minimum Gasteiger partial charge on any atom is -0.386 e. The van der Waals surface area contributed by atoms with Crippen LogP contribution in [0.4, 0.5) is 24.5 Å². The molecular weight excluding hydrogens is 492 g/mol. The largest absolute Gasteiger partial charge is 0.386 e. The van der Waals surface area contributed by atoms with E-state index in [0.29, 0.717) is 34.1 Å². The van der Waals surface area contributed by atoms with E-state index in [-0.39, 0.29) is 12.0 Å². The van der Waals surface area contributed by atoms with Crippen molar-refractivity contribution in [2.24, 2.45) is 4.99 Å². The van der Waals surface area contributed by atoms with Crippen LogP contribution in [0.3, 0.4) is 0 Å². The maximum atomic E-state index is 15.2. The highest BCUT2D eigenvalue weighted by Gasteiger charge is 2.28. The van der Waals surface area contributed by atoms with Gasteiger partial charge >= 0.3 is 0 Å². The minimum absolute atomic E-state index is 0.0864. The van der Waals surface area contributed by atoms with Crippen LogP contribution in [0.5, 0.6) is 0 Å². The summed E-state index contributed by atoms with van der Waals surface area (Å²) in [7, 11) is -0.533. The SMILES string of the molecule is C=C(/C=C\C(=C/C)c1cc(C)c(N=C(C)C2CC(C)c3c(cccc3PC(F)F)N2)cc1F)C(C)(C)O. The number of allylic oxidation sites excluding steroid dienone is 3. The zero-order valence-corrected chi connectivity index (χ0v) is 23.3. The van der Waals surface area contributed by atoms with Gasteiger partial charge in [0.1, 0.15) is 5.82 Å². The van der Waals surface area contributed by atoms with Gasteiger partial charge in [0.15, 0.2) is 0 Å². The Balaban J connectivity index is 1.86. The van der Waals surface area contributed by atoms with Crippen molar-refractivity contribution in [2.45, 2.75) is 71.7 Å². The third kappa shape index (κ3) is 7.00. The summed E-state index contributed by atoms with van der Waals surface area (Å²) in [6, 6.07) is 8.64. The molecule has 7 heteroatoms. The van der Waals surface area contributed by atoms with Crippen molar-refractivity contribution in [3.8, 4) is 0 Å². The van der Waals surface area contributed by atoms with Gasteiger partial charge in [-0.3, -0.25) is 4.99 Å². The van der Waals surface area contributed by atoms with Crippen molar-refractivity contribution in [1.82, 2.24) is 0 Å². The lowest BCUT2D eigenvalue weighted by molar-refractivity contribution is 0.124. The molecule has 1 aliphatic heterocycles. The lowest BCUT2D eigenvalue weighted by Gasteiger charge is -2.33. The van der Waals surface area contributed by atoms with Gasteiger partial charge in [0, 0.05) is 23.0 Å². The number of benzene rings is 2. The second kappa shape index (κ2) is 11.8. The van der Waals surface area contributed by atoms with Crippen LogP contribution in [0.1, 0.15) is 63.6 Å². The lowest BCUT2D eigenvalue weighted by atomic mass is 9.87. The average Bonchev–Trinajstić information content (AvgIpc) is 2.80. The van der Waals surface area contributed by atoms with E-state index in [1.165, 1.54) is 6.07 Å². The van der Waals surface area contributed by atoms with Gasteiger partial charge in [0.2, 0.25) is 0 Å². The molecule has 3 unspecified atom stereocenters. The van der Waals surface area contributed by atoms with E-state index >= 15 is 4.39 Å². The molecular formula is C30H36F3N2OP. The van der Waals surface area contributed by atoms with Crippen molar-refractivity contribution < 1.29 is 18.3 Å². The number of hydrogen-bond donors (Lipinski definition) is 2. The molecule has 2 aromatic rings. The van der Waals surface area contributed by atoms with Crippen molar-refractivity contribution in [3.05, 3.63) is 83.2 Å². The maximum absolute atomic E-state index is 15.2. The molecule has 0 aliphatic carbocycles. The smallest absolute Gasteiger partial charge is 0.256 e. The van der Waals surface area contributed by atoms with Gasteiger partial charge in [-0.05, 0) is 95.2 Å². The van der Waals surface area contributed by atoms with Gasteiger partial charge in [-0.2, -0.15) is 0 Å². The molecule has 3 atom stereocenters. The number of fused-ring (bicyclic) bond motifs is 1. The van der Waals surface area contributed by atoms with Crippen molar-refractivity contribution >= 4 is 36.5 Å². The summed E-state index contributed by atoms with van der Waals surface area (Å²) in [5.74, 6) is -0.298. The van der Waals surface area contributed by atoms with Gasteiger partial charge in [0.25, 0.3) is 6.17 Å². The molecule has 3 nitrogen and oxygen atoms in total. The Bertz CT molecular complexity index is 1260. The maximum Gasteiger partial charge on any atom is 0.256 e. The Morgan fingerprint density at radius 1 is 1.27 bits per heavy atom. The number of rotatable bonds is 8. The molecule has 3 rings (SSSR count). The van der Waals surface area contributed by atoms with Crippen LogP contribution in [0.2, 0.25) is 0 Å². The Labute approximate surface area is 220 Å². The predicted octanol–water partition coefficient (Wildman–Crippen LogP) is 8.03. The van der Waals surface area contributed by atoms with Crippen LogP contribution in [-0.2, 0) is 0 Å². The summed E-state index contributed by atoms with van der Waals surface area (Å²) >= 11 is 0. The van der Waals surface area contributed by atoms with Crippen LogP contribution in [-0.4, -0.2) is 28.6 Å². The quantitative estimate of drug-likeness (QED) is 0.207. The van der Waals surface area contributed by atoms with Crippen LogP contribution >= 0.6 is 8.58 Å². The van der Waals surface area contributed by atoms with E-state index in [4.69, 9.17) is 4.99 Å². The lowest BCUT2D eigenvalue weighted by Crippen LogP contribution is -2.35. The molecule has 2 N–H and O–H groups in total. The zero-order valence-electron chi connectivity index (χ0n) is 22.3. The Morgan fingerprint density at radius 2 is 1.97 bits per heavy atom. The van der Waals surface area contributed by atoms with Crippen molar-refractivity contribution in [1.29, 1.82) is 0 Å². The molecule has 0 bridgehead atoms. The van der Waals surface area contributed by atoms with E-state index < -0.39 is 26.2 Å². The molecule has 0 spiro atoms. The molecule has 0 saturated carbocycles. The number of hydrogen-bond acceptors (Lipinski definition) is 3. The van der Waals surface area contributed by atoms with Crippen LogP contribution in [0.25, 0.3) is 5.57 Å². The second-order valence-electron chi connectivity index (χ2n) is 10.1. The number of aliphatic imine (C=N–C) groups is 1. The molecule has 1 heterocycles. The summed E-state index contributed by atoms with van der Waals surface area (Å²) < 4.78 is 41.4. The number of alkyl halides is 2. The molecule has 0 saturated heterocycles. The van der Waals surface area contributed by atoms with E-state index in [2.05, 4.69) is 18.8 Å². The topological polar surface area (TPSA) is 44.6 Å². The summed E-state index contributed by atoms with van der Waals surface area (Å²) in [6.45, 7) is 14.9. The van der Waals surface area contributed by atoms with Crippen molar-refractivity contribution in [3.63, 3.8) is 0 Å². The highest BCUT2D eigenvalue weighted by Crippen LogP contribution is 2.38. The first-order valence-corrected chi connectivity index (χ1v) is 13.5. The fourth-order valence-electron chi connectivity index (χ4n) is 4.47. The van der Waals surface area contributed by atoms with Crippen LogP contribution in [0, 0.1) is 12.7 Å². The molecule has 0 aromatic heterocycles. The fourth-order valence-corrected chi connectivity index (χ4v) is 5.44. The predicted molar refractivity (Wildman–Crippen MR) is 153 cm³/mol. The molecule has 198 valence electrons. The van der Waals surface area contributed by atoms with E-state index in [0.717, 1.165) is 22.5 Å². The molecule has 0 radical (unpaired) electrons. The summed E-state index contributed by atoms with van der Waals surface area (Å²) in [6.07, 6.45) is 3.61. The fraction of sp³-hybridized carbons (Fsp3) is 0.367. The third-order valence-corrected chi connectivity index (χ3v) is 7.71. The number of anilines is 1. The van der Waals surface area contributed by atoms with Gasteiger partial charge in [-0.25, -0.2) is 13.2 Å². The molecule has 0 amide bonds. The Hall–Kier alpha value is -2.69. The molecule has 1 aliphatic rings. The van der Waals surface area contributed by atoms with Crippen LogP contribution < -0.4 is 10.6 Å². The Kier molecular flexibility index (Phi) is 9.20. The highest BCUT2D eigenvalue weighted by molar-refractivity contribution is 7.47. The first-order valence-electron chi connectivity index (χ1n) is 12.4. The first kappa shape index (κ1) is 28.9. The number of aliphatic hydroxyl groups is 1. The van der Waals surface area contributed by atoms with Gasteiger partial charge in [0.05, 0.1) is 17.3 Å². The number of aryl methyl sites for hydroxylation is 1. The molecule has 0 fully saturated rings. The number of halogens is 3.